The summed E-state index contributed by atoms with van der Waals surface area (Å²) < 4.78 is 18.8. The van der Waals surface area contributed by atoms with Crippen molar-refractivity contribution in [2.24, 2.45) is 5.73 Å². The SMILES string of the molecule is NC(=O)COc1cccc(NCc2cc(Cl)ccc2F)c1. The van der Waals surface area contributed by atoms with E-state index in [0.29, 0.717) is 16.3 Å². The van der Waals surface area contributed by atoms with Crippen LogP contribution in [0, 0.1) is 5.82 Å². The highest BCUT2D eigenvalue weighted by atomic mass is 35.5. The number of carbonyl (C=O) groups excluding carboxylic acids is 1. The molecular formula is C15H14ClFN2O2. The number of nitrogens with two attached hydrogens (primary N) is 1. The molecule has 0 aliphatic rings. The minimum absolute atomic E-state index is 0.188. The number of amides is 1. The molecule has 21 heavy (non-hydrogen) atoms. The Bertz CT molecular complexity index is 649. The maximum atomic E-state index is 13.6. The Kier molecular flexibility index (Phi) is 5.00. The third-order valence-corrected chi connectivity index (χ3v) is 2.94. The van der Waals surface area contributed by atoms with E-state index in [-0.39, 0.29) is 19.0 Å². The Balaban J connectivity index is 2.01. The van der Waals surface area contributed by atoms with Crippen LogP contribution in [0.25, 0.3) is 0 Å². The number of primary amides is 1. The summed E-state index contributed by atoms with van der Waals surface area (Å²) in [6.45, 7) is 0.0953. The van der Waals surface area contributed by atoms with Crippen molar-refractivity contribution in [3.63, 3.8) is 0 Å². The molecule has 1 amide bonds. The summed E-state index contributed by atoms with van der Waals surface area (Å²) in [7, 11) is 0. The van der Waals surface area contributed by atoms with Gasteiger partial charge in [0.1, 0.15) is 11.6 Å². The molecule has 110 valence electrons. The van der Waals surface area contributed by atoms with Gasteiger partial charge >= 0.3 is 0 Å². The van der Waals surface area contributed by atoms with Gasteiger partial charge in [-0.2, -0.15) is 0 Å². The van der Waals surface area contributed by atoms with Crippen LogP contribution >= 0.6 is 11.6 Å². The van der Waals surface area contributed by atoms with E-state index in [1.54, 1.807) is 30.3 Å². The Morgan fingerprint density at radius 1 is 1.29 bits per heavy atom. The minimum Gasteiger partial charge on any atom is -0.484 e. The topological polar surface area (TPSA) is 64.4 Å². The largest absolute Gasteiger partial charge is 0.484 e. The highest BCUT2D eigenvalue weighted by molar-refractivity contribution is 6.30. The standard InChI is InChI=1S/C15H14ClFN2O2/c16-11-4-5-14(17)10(6-11)8-19-12-2-1-3-13(7-12)21-9-15(18)20/h1-7,19H,8-9H2,(H2,18,20). The van der Waals surface area contributed by atoms with Crippen LogP contribution in [-0.4, -0.2) is 12.5 Å². The number of ether oxygens (including phenoxy) is 1. The number of hydrogen-bond donors (Lipinski definition) is 2. The van der Waals surface area contributed by atoms with Crippen molar-refractivity contribution in [2.75, 3.05) is 11.9 Å². The Hall–Kier alpha value is -2.27. The van der Waals surface area contributed by atoms with Crippen molar-refractivity contribution in [1.29, 1.82) is 0 Å². The molecule has 0 radical (unpaired) electrons. The van der Waals surface area contributed by atoms with E-state index in [0.717, 1.165) is 5.69 Å². The van der Waals surface area contributed by atoms with Crippen molar-refractivity contribution >= 4 is 23.2 Å². The monoisotopic (exact) mass is 308 g/mol. The molecule has 3 N–H and O–H groups in total. The molecule has 0 aliphatic heterocycles. The average molecular weight is 309 g/mol. The van der Waals surface area contributed by atoms with Gasteiger partial charge in [0.25, 0.3) is 5.91 Å². The first-order valence-corrected chi connectivity index (χ1v) is 6.61. The molecule has 0 aromatic heterocycles. The van der Waals surface area contributed by atoms with E-state index in [1.807, 2.05) is 0 Å². The summed E-state index contributed by atoms with van der Waals surface area (Å²) in [5, 5.41) is 3.54. The fraction of sp³-hybridized carbons (Fsp3) is 0.133. The lowest BCUT2D eigenvalue weighted by molar-refractivity contribution is -0.119. The summed E-state index contributed by atoms with van der Waals surface area (Å²) in [4.78, 5) is 10.7. The second-order valence-electron chi connectivity index (χ2n) is 4.37. The summed E-state index contributed by atoms with van der Waals surface area (Å²) in [5.74, 6) is -0.368. The number of nitrogens with one attached hydrogen (secondary N) is 1. The molecule has 0 saturated heterocycles. The van der Waals surface area contributed by atoms with Gasteiger partial charge in [0.15, 0.2) is 6.61 Å². The molecule has 0 spiro atoms. The second kappa shape index (κ2) is 6.95. The quantitative estimate of drug-likeness (QED) is 0.862. The van der Waals surface area contributed by atoms with E-state index in [2.05, 4.69) is 5.32 Å². The van der Waals surface area contributed by atoms with Crippen LogP contribution < -0.4 is 15.8 Å². The first-order chi connectivity index (χ1) is 10.0. The molecule has 2 aromatic rings. The molecular weight excluding hydrogens is 295 g/mol. The number of halogens is 2. The maximum Gasteiger partial charge on any atom is 0.255 e. The van der Waals surface area contributed by atoms with E-state index in [9.17, 15) is 9.18 Å². The van der Waals surface area contributed by atoms with Gasteiger partial charge in [-0.15, -0.1) is 0 Å². The van der Waals surface area contributed by atoms with E-state index in [1.165, 1.54) is 12.1 Å². The first kappa shape index (κ1) is 15.1. The van der Waals surface area contributed by atoms with Gasteiger partial charge in [-0.25, -0.2) is 4.39 Å². The van der Waals surface area contributed by atoms with Gasteiger partial charge in [0.05, 0.1) is 0 Å². The molecule has 0 bridgehead atoms. The molecule has 2 aromatic carbocycles. The number of carbonyl (C=O) groups is 1. The van der Waals surface area contributed by atoms with Crippen molar-refractivity contribution in [1.82, 2.24) is 0 Å². The summed E-state index contributed by atoms with van der Waals surface area (Å²) >= 11 is 5.84. The smallest absolute Gasteiger partial charge is 0.255 e. The van der Waals surface area contributed by atoms with Crippen LogP contribution in [0.2, 0.25) is 5.02 Å². The second-order valence-corrected chi connectivity index (χ2v) is 4.81. The Morgan fingerprint density at radius 3 is 2.86 bits per heavy atom. The van der Waals surface area contributed by atoms with Crippen molar-refractivity contribution in [3.8, 4) is 5.75 Å². The van der Waals surface area contributed by atoms with Gasteiger partial charge in [-0.3, -0.25) is 4.79 Å². The lowest BCUT2D eigenvalue weighted by atomic mass is 10.2. The van der Waals surface area contributed by atoms with E-state index in [4.69, 9.17) is 22.1 Å². The number of rotatable bonds is 6. The molecule has 0 fully saturated rings. The molecule has 6 heteroatoms. The highest BCUT2D eigenvalue weighted by Crippen LogP contribution is 2.20. The van der Waals surface area contributed by atoms with Gasteiger partial charge in [-0.05, 0) is 30.3 Å². The van der Waals surface area contributed by atoms with E-state index < -0.39 is 5.91 Å². The van der Waals surface area contributed by atoms with Crippen molar-refractivity contribution < 1.29 is 13.9 Å². The molecule has 0 atom stereocenters. The van der Waals surface area contributed by atoms with Crippen LogP contribution in [0.5, 0.6) is 5.75 Å². The fourth-order valence-electron chi connectivity index (χ4n) is 1.73. The molecule has 2 rings (SSSR count). The van der Waals surface area contributed by atoms with Crippen LogP contribution in [-0.2, 0) is 11.3 Å². The highest BCUT2D eigenvalue weighted by Gasteiger charge is 2.04. The lowest BCUT2D eigenvalue weighted by Gasteiger charge is -2.10. The lowest BCUT2D eigenvalue weighted by Crippen LogP contribution is -2.20. The van der Waals surface area contributed by atoms with Crippen LogP contribution in [0.1, 0.15) is 5.56 Å². The van der Waals surface area contributed by atoms with Gasteiger partial charge in [0.2, 0.25) is 0 Å². The maximum absolute atomic E-state index is 13.6. The van der Waals surface area contributed by atoms with Gasteiger partial charge in [-0.1, -0.05) is 17.7 Å². The normalized spacial score (nSPS) is 10.2. The molecule has 0 saturated carbocycles. The van der Waals surface area contributed by atoms with Crippen molar-refractivity contribution in [3.05, 3.63) is 58.9 Å². The number of hydrogen-bond acceptors (Lipinski definition) is 3. The zero-order valence-corrected chi connectivity index (χ0v) is 11.9. The van der Waals surface area contributed by atoms with Gasteiger partial charge in [0, 0.05) is 28.9 Å². The average Bonchev–Trinajstić information content (AvgIpc) is 2.46. The van der Waals surface area contributed by atoms with Crippen LogP contribution in [0.15, 0.2) is 42.5 Å². The Morgan fingerprint density at radius 2 is 2.10 bits per heavy atom. The zero-order valence-electron chi connectivity index (χ0n) is 11.1. The van der Waals surface area contributed by atoms with Gasteiger partial charge < -0.3 is 15.8 Å². The molecule has 4 nitrogen and oxygen atoms in total. The third kappa shape index (κ3) is 4.65. The van der Waals surface area contributed by atoms with E-state index >= 15 is 0 Å². The molecule has 0 heterocycles. The zero-order chi connectivity index (χ0) is 15.2. The predicted octanol–water partition coefficient (Wildman–Crippen LogP) is 2.96. The van der Waals surface area contributed by atoms with Crippen LogP contribution in [0.3, 0.4) is 0 Å². The summed E-state index contributed by atoms with van der Waals surface area (Å²) in [5.41, 5.74) is 6.21. The van der Waals surface area contributed by atoms with Crippen molar-refractivity contribution in [2.45, 2.75) is 6.54 Å². The summed E-state index contributed by atoms with van der Waals surface area (Å²) in [6, 6.07) is 11.4. The number of benzene rings is 2. The predicted molar refractivity (Wildman–Crippen MR) is 79.9 cm³/mol. The minimum atomic E-state index is -0.547. The first-order valence-electron chi connectivity index (χ1n) is 6.23. The molecule has 0 aliphatic carbocycles. The number of anilines is 1. The fourth-order valence-corrected chi connectivity index (χ4v) is 1.92. The molecule has 0 unspecified atom stereocenters. The third-order valence-electron chi connectivity index (χ3n) is 2.71. The Labute approximate surface area is 126 Å². The van der Waals surface area contributed by atoms with Crippen LogP contribution in [0.4, 0.5) is 10.1 Å². The summed E-state index contributed by atoms with van der Waals surface area (Å²) in [6.07, 6.45) is 0.